The second-order valence-electron chi connectivity index (χ2n) is 5.51. The number of aliphatic carboxylic acids is 2. The molecular weight excluding hydrogens is 322 g/mol. The number of nitrogens with zero attached hydrogens (tertiary/aromatic N) is 2. The van der Waals surface area contributed by atoms with E-state index in [1.807, 2.05) is 24.6 Å². The minimum absolute atomic E-state index is 0.713. The fourth-order valence-electron chi connectivity index (χ4n) is 2.10. The first-order valence-corrected chi connectivity index (χ1v) is 7.54. The Morgan fingerprint density at radius 1 is 1.12 bits per heavy atom. The summed E-state index contributed by atoms with van der Waals surface area (Å²) in [6, 6.07) is 12.7. The third-order valence-corrected chi connectivity index (χ3v) is 3.70. The van der Waals surface area contributed by atoms with Gasteiger partial charge in [-0.05, 0) is 31.0 Å². The number of carboxylic acid groups (broad SMARTS) is 2. The number of hydrogen-bond donors (Lipinski definition) is 3. The Morgan fingerprint density at radius 3 is 2.12 bits per heavy atom. The summed E-state index contributed by atoms with van der Waals surface area (Å²) in [6.07, 6.45) is 0. The van der Waals surface area contributed by atoms with E-state index >= 15 is 0 Å². The molecule has 132 valence electrons. The van der Waals surface area contributed by atoms with Gasteiger partial charge in [0.05, 0.1) is 0 Å². The number of aryl methyl sites for hydroxylation is 1. The lowest BCUT2D eigenvalue weighted by atomic mass is 10.1. The Labute approximate surface area is 146 Å². The Hall–Kier alpha value is -3.11. The number of aromatic nitrogens is 1. The molecule has 0 unspecified atom stereocenters. The van der Waals surface area contributed by atoms with E-state index in [0.29, 0.717) is 5.69 Å². The summed E-state index contributed by atoms with van der Waals surface area (Å²) in [6.45, 7) is 5.77. The van der Waals surface area contributed by atoms with E-state index in [2.05, 4.69) is 42.6 Å². The molecule has 25 heavy (non-hydrogen) atoms. The second-order valence-corrected chi connectivity index (χ2v) is 5.51. The topological polar surface area (TPSA) is 115 Å². The number of benzene rings is 1. The molecule has 0 radical (unpaired) electrons. The van der Waals surface area contributed by atoms with Crippen molar-refractivity contribution < 1.29 is 19.8 Å². The third kappa shape index (κ3) is 6.12. The van der Waals surface area contributed by atoms with Gasteiger partial charge >= 0.3 is 11.9 Å². The zero-order valence-corrected chi connectivity index (χ0v) is 14.4. The summed E-state index contributed by atoms with van der Waals surface area (Å²) in [5, 5.41) is 27.2. The van der Waals surface area contributed by atoms with Gasteiger partial charge in [0, 0.05) is 25.8 Å². The van der Waals surface area contributed by atoms with Crippen molar-refractivity contribution >= 4 is 11.9 Å². The lowest BCUT2D eigenvalue weighted by Crippen LogP contribution is -2.13. The summed E-state index contributed by atoms with van der Waals surface area (Å²) >= 11 is 0. The van der Waals surface area contributed by atoms with E-state index in [9.17, 15) is 0 Å². The standard InChI is InChI=1S/C16H19N3.C2H2O4/c1-12-4-6-14(7-5-12)10-18-11-15-8-16(9-17)19(3)13(15)2;3-1(4)2(5)6/h4-8,18H,10-11H2,1-3H3;(H,3,4)(H,5,6). The lowest BCUT2D eigenvalue weighted by molar-refractivity contribution is -0.159. The van der Waals surface area contributed by atoms with Gasteiger partial charge in [0.2, 0.25) is 0 Å². The first-order chi connectivity index (χ1) is 11.8. The van der Waals surface area contributed by atoms with Gasteiger partial charge < -0.3 is 20.1 Å². The molecule has 0 amide bonds. The zero-order chi connectivity index (χ0) is 19.0. The van der Waals surface area contributed by atoms with Crippen LogP contribution in [-0.4, -0.2) is 26.7 Å². The molecule has 2 aromatic rings. The molecule has 0 aliphatic rings. The van der Waals surface area contributed by atoms with Crippen LogP contribution < -0.4 is 5.32 Å². The highest BCUT2D eigenvalue weighted by Crippen LogP contribution is 2.13. The molecule has 7 heteroatoms. The normalized spacial score (nSPS) is 9.68. The Kier molecular flexibility index (Phi) is 7.38. The maximum Gasteiger partial charge on any atom is 0.414 e. The van der Waals surface area contributed by atoms with Crippen molar-refractivity contribution in [2.45, 2.75) is 26.9 Å². The minimum Gasteiger partial charge on any atom is -0.473 e. The number of carbonyl (C=O) groups is 2. The number of nitriles is 1. The highest BCUT2D eigenvalue weighted by Gasteiger charge is 2.07. The smallest absolute Gasteiger partial charge is 0.414 e. The average molecular weight is 343 g/mol. The molecule has 1 heterocycles. The predicted octanol–water partition coefficient (Wildman–Crippen LogP) is 1.96. The van der Waals surface area contributed by atoms with E-state index in [1.165, 1.54) is 16.7 Å². The molecule has 0 bridgehead atoms. The fraction of sp³-hybridized carbons (Fsp3) is 0.278. The number of carboxylic acids is 2. The van der Waals surface area contributed by atoms with Gasteiger partial charge in [-0.2, -0.15) is 5.26 Å². The van der Waals surface area contributed by atoms with E-state index in [0.717, 1.165) is 18.8 Å². The number of hydrogen-bond acceptors (Lipinski definition) is 4. The van der Waals surface area contributed by atoms with Crippen molar-refractivity contribution in [2.75, 3.05) is 0 Å². The molecule has 2 rings (SSSR count). The Bertz CT molecular complexity index is 774. The van der Waals surface area contributed by atoms with Crippen LogP contribution in [0.15, 0.2) is 30.3 Å². The number of nitrogens with one attached hydrogen (secondary N) is 1. The molecular formula is C18H21N3O4. The van der Waals surface area contributed by atoms with Crippen LogP contribution in [0.4, 0.5) is 0 Å². The van der Waals surface area contributed by atoms with Gasteiger partial charge in [0.15, 0.2) is 0 Å². The zero-order valence-electron chi connectivity index (χ0n) is 14.4. The van der Waals surface area contributed by atoms with Crippen molar-refractivity contribution in [3.63, 3.8) is 0 Å². The molecule has 1 aromatic heterocycles. The first kappa shape index (κ1) is 19.9. The van der Waals surface area contributed by atoms with Crippen molar-refractivity contribution in [3.05, 3.63) is 58.4 Å². The van der Waals surface area contributed by atoms with Crippen molar-refractivity contribution in [3.8, 4) is 6.07 Å². The Balaban J connectivity index is 0.000000450. The van der Waals surface area contributed by atoms with Gasteiger partial charge in [0.1, 0.15) is 11.8 Å². The van der Waals surface area contributed by atoms with Crippen LogP contribution in [0.3, 0.4) is 0 Å². The van der Waals surface area contributed by atoms with E-state index in [4.69, 9.17) is 25.1 Å². The van der Waals surface area contributed by atoms with Gasteiger partial charge in [-0.1, -0.05) is 29.8 Å². The van der Waals surface area contributed by atoms with Crippen LogP contribution >= 0.6 is 0 Å². The fourth-order valence-corrected chi connectivity index (χ4v) is 2.10. The Morgan fingerprint density at radius 2 is 1.68 bits per heavy atom. The predicted molar refractivity (Wildman–Crippen MR) is 91.9 cm³/mol. The van der Waals surface area contributed by atoms with Crippen LogP contribution in [0.2, 0.25) is 0 Å². The van der Waals surface area contributed by atoms with Crippen LogP contribution in [0.1, 0.15) is 28.1 Å². The summed E-state index contributed by atoms with van der Waals surface area (Å²) < 4.78 is 1.93. The monoisotopic (exact) mass is 343 g/mol. The van der Waals surface area contributed by atoms with Crippen molar-refractivity contribution in [2.24, 2.45) is 7.05 Å². The van der Waals surface area contributed by atoms with Crippen molar-refractivity contribution in [1.29, 1.82) is 5.26 Å². The maximum absolute atomic E-state index is 9.10. The maximum atomic E-state index is 9.10. The summed E-state index contributed by atoms with van der Waals surface area (Å²) in [5.41, 5.74) is 5.60. The molecule has 0 aliphatic heterocycles. The summed E-state index contributed by atoms with van der Waals surface area (Å²) in [4.78, 5) is 18.2. The molecule has 3 N–H and O–H groups in total. The van der Waals surface area contributed by atoms with E-state index in [1.54, 1.807) is 0 Å². The van der Waals surface area contributed by atoms with Crippen LogP contribution in [0.25, 0.3) is 0 Å². The molecule has 0 saturated heterocycles. The first-order valence-electron chi connectivity index (χ1n) is 7.54. The molecule has 0 aliphatic carbocycles. The van der Waals surface area contributed by atoms with Gasteiger partial charge in [0.25, 0.3) is 0 Å². The summed E-state index contributed by atoms with van der Waals surface area (Å²) in [7, 11) is 1.93. The van der Waals surface area contributed by atoms with Crippen LogP contribution in [-0.2, 0) is 29.7 Å². The van der Waals surface area contributed by atoms with Gasteiger partial charge in [-0.15, -0.1) is 0 Å². The highest BCUT2D eigenvalue weighted by molar-refractivity contribution is 6.27. The van der Waals surface area contributed by atoms with Crippen LogP contribution in [0, 0.1) is 25.2 Å². The second kappa shape index (κ2) is 9.25. The van der Waals surface area contributed by atoms with E-state index in [-0.39, 0.29) is 0 Å². The van der Waals surface area contributed by atoms with Crippen molar-refractivity contribution in [1.82, 2.24) is 9.88 Å². The van der Waals surface area contributed by atoms with Gasteiger partial charge in [-0.3, -0.25) is 0 Å². The highest BCUT2D eigenvalue weighted by atomic mass is 16.4. The minimum atomic E-state index is -1.82. The summed E-state index contributed by atoms with van der Waals surface area (Å²) in [5.74, 6) is -3.65. The molecule has 0 saturated carbocycles. The molecule has 0 atom stereocenters. The molecule has 1 aromatic carbocycles. The average Bonchev–Trinajstić information content (AvgIpc) is 2.85. The SMILES string of the molecule is Cc1ccc(CNCc2cc(C#N)n(C)c2C)cc1.O=C(O)C(=O)O. The molecule has 7 nitrogen and oxygen atoms in total. The molecule has 0 fully saturated rings. The van der Waals surface area contributed by atoms with E-state index < -0.39 is 11.9 Å². The molecule has 0 spiro atoms. The lowest BCUT2D eigenvalue weighted by Gasteiger charge is -2.06. The largest absolute Gasteiger partial charge is 0.473 e. The van der Waals surface area contributed by atoms with Gasteiger partial charge in [-0.25, -0.2) is 9.59 Å². The number of rotatable bonds is 4. The van der Waals surface area contributed by atoms with Crippen LogP contribution in [0.5, 0.6) is 0 Å². The quantitative estimate of drug-likeness (QED) is 0.731. The third-order valence-electron chi connectivity index (χ3n) is 3.70.